The highest BCUT2D eigenvalue weighted by Crippen LogP contribution is 2.38. The smallest absolute Gasteiger partial charge is 0.273 e. The van der Waals surface area contributed by atoms with Gasteiger partial charge in [-0.05, 0) is 44.0 Å². The van der Waals surface area contributed by atoms with Crippen LogP contribution in [0.2, 0.25) is 19.1 Å². The van der Waals surface area contributed by atoms with E-state index < -0.39 is 13.2 Å². The fraction of sp³-hybridized carbons (Fsp3) is 0.667. The molecule has 1 aliphatic rings. The average molecular weight is 368 g/mol. The van der Waals surface area contributed by atoms with Gasteiger partial charge in [-0.2, -0.15) is 0 Å². The van der Waals surface area contributed by atoms with Gasteiger partial charge in [0.1, 0.15) is 6.61 Å². The SMILES string of the molecule is CCCC[Si](C)(C)OC(COc1ccc([N+](=O)[O-])cc1OC)C1CC1. The van der Waals surface area contributed by atoms with Crippen molar-refractivity contribution < 1.29 is 18.8 Å². The third-order valence-corrected chi connectivity index (χ3v) is 7.01. The normalized spacial score (nSPS) is 15.7. The molecule has 0 radical (unpaired) electrons. The van der Waals surface area contributed by atoms with Crippen molar-refractivity contribution in [3.05, 3.63) is 28.3 Å². The molecule has 7 heteroatoms. The molecule has 1 atom stereocenters. The van der Waals surface area contributed by atoms with E-state index in [1.165, 1.54) is 44.9 Å². The molecule has 0 heterocycles. The highest BCUT2D eigenvalue weighted by molar-refractivity contribution is 6.71. The summed E-state index contributed by atoms with van der Waals surface area (Å²) in [5.41, 5.74) is -0.00713. The Kier molecular flexibility index (Phi) is 6.84. The molecule has 1 unspecified atom stereocenters. The topological polar surface area (TPSA) is 70.8 Å². The lowest BCUT2D eigenvalue weighted by atomic mass is 10.2. The zero-order chi connectivity index (χ0) is 18.4. The first-order valence-electron chi connectivity index (χ1n) is 8.99. The van der Waals surface area contributed by atoms with Crippen molar-refractivity contribution >= 4 is 14.0 Å². The van der Waals surface area contributed by atoms with Crippen LogP contribution in [0.4, 0.5) is 5.69 Å². The fourth-order valence-corrected chi connectivity index (χ4v) is 5.27. The van der Waals surface area contributed by atoms with Crippen LogP contribution in [0.25, 0.3) is 0 Å². The van der Waals surface area contributed by atoms with E-state index in [9.17, 15) is 10.1 Å². The Morgan fingerprint density at radius 3 is 2.60 bits per heavy atom. The lowest BCUT2D eigenvalue weighted by molar-refractivity contribution is -0.385. The zero-order valence-electron chi connectivity index (χ0n) is 15.6. The third kappa shape index (κ3) is 6.00. The standard InChI is InChI=1S/C18H29NO5Si/c1-5-6-11-25(3,4)24-18(14-7-8-14)13-23-16-10-9-15(19(20)21)12-17(16)22-2/h9-10,12,14,18H,5-8,11,13H2,1-4H3. The Labute approximate surface area is 150 Å². The van der Waals surface area contributed by atoms with Gasteiger partial charge in [-0.15, -0.1) is 0 Å². The van der Waals surface area contributed by atoms with Crippen molar-refractivity contribution in [3.8, 4) is 11.5 Å². The minimum atomic E-state index is -1.69. The molecule has 2 rings (SSSR count). The first kappa shape index (κ1) is 19.7. The van der Waals surface area contributed by atoms with E-state index in [4.69, 9.17) is 13.9 Å². The lowest BCUT2D eigenvalue weighted by Gasteiger charge is -2.29. The Morgan fingerprint density at radius 2 is 2.04 bits per heavy atom. The Morgan fingerprint density at radius 1 is 1.32 bits per heavy atom. The summed E-state index contributed by atoms with van der Waals surface area (Å²) in [6, 6.07) is 5.58. The molecule has 1 aromatic rings. The van der Waals surface area contributed by atoms with E-state index in [0.29, 0.717) is 24.0 Å². The number of nitro benzene ring substituents is 1. The summed E-state index contributed by atoms with van der Waals surface area (Å²) in [5.74, 6) is 1.47. The molecule has 0 aromatic heterocycles. The highest BCUT2D eigenvalue weighted by atomic mass is 28.4. The number of rotatable bonds is 11. The first-order chi connectivity index (χ1) is 11.9. The van der Waals surface area contributed by atoms with Crippen molar-refractivity contribution in [2.24, 2.45) is 5.92 Å². The van der Waals surface area contributed by atoms with Crippen molar-refractivity contribution in [1.29, 1.82) is 0 Å². The minimum Gasteiger partial charge on any atom is -0.493 e. The molecule has 0 saturated heterocycles. The predicted octanol–water partition coefficient (Wildman–Crippen LogP) is 4.78. The molecule has 1 fully saturated rings. The molecule has 0 spiro atoms. The lowest BCUT2D eigenvalue weighted by Crippen LogP contribution is -2.39. The molecular weight excluding hydrogens is 338 g/mol. The van der Waals surface area contributed by atoms with Gasteiger partial charge in [-0.3, -0.25) is 10.1 Å². The van der Waals surface area contributed by atoms with Crippen LogP contribution in [-0.4, -0.2) is 33.1 Å². The molecule has 6 nitrogen and oxygen atoms in total. The monoisotopic (exact) mass is 367 g/mol. The summed E-state index contributed by atoms with van der Waals surface area (Å²) in [4.78, 5) is 10.4. The van der Waals surface area contributed by atoms with Gasteiger partial charge >= 0.3 is 0 Å². The summed E-state index contributed by atoms with van der Waals surface area (Å²) < 4.78 is 17.6. The van der Waals surface area contributed by atoms with Crippen molar-refractivity contribution in [1.82, 2.24) is 0 Å². The number of methoxy groups -OCH3 is 1. The Balaban J connectivity index is 2.00. The molecule has 25 heavy (non-hydrogen) atoms. The van der Waals surface area contributed by atoms with Crippen LogP contribution in [0.3, 0.4) is 0 Å². The first-order valence-corrected chi connectivity index (χ1v) is 12.1. The highest BCUT2D eigenvalue weighted by Gasteiger charge is 2.37. The quantitative estimate of drug-likeness (QED) is 0.320. The van der Waals surface area contributed by atoms with Crippen LogP contribution < -0.4 is 9.47 Å². The zero-order valence-corrected chi connectivity index (χ0v) is 16.6. The number of unbranched alkanes of at least 4 members (excludes halogenated alkanes) is 1. The summed E-state index contributed by atoms with van der Waals surface area (Å²) in [5, 5.41) is 10.9. The third-order valence-electron chi connectivity index (χ3n) is 4.51. The summed E-state index contributed by atoms with van der Waals surface area (Å²) in [6.07, 6.45) is 4.85. The van der Waals surface area contributed by atoms with Crippen LogP contribution in [0.1, 0.15) is 32.6 Å². The molecule has 0 N–H and O–H groups in total. The molecule has 1 aliphatic carbocycles. The molecular formula is C18H29NO5Si. The largest absolute Gasteiger partial charge is 0.493 e. The van der Waals surface area contributed by atoms with E-state index in [1.54, 1.807) is 6.07 Å². The van der Waals surface area contributed by atoms with E-state index >= 15 is 0 Å². The van der Waals surface area contributed by atoms with Crippen LogP contribution in [0, 0.1) is 16.0 Å². The molecule has 0 amide bonds. The number of nitro groups is 1. The van der Waals surface area contributed by atoms with Crippen molar-refractivity contribution in [2.75, 3.05) is 13.7 Å². The second-order valence-corrected chi connectivity index (χ2v) is 11.5. The number of nitrogens with zero attached hydrogens (tertiary/aromatic N) is 1. The van der Waals surface area contributed by atoms with E-state index in [2.05, 4.69) is 20.0 Å². The maximum Gasteiger partial charge on any atom is 0.273 e. The van der Waals surface area contributed by atoms with Crippen molar-refractivity contribution in [2.45, 2.75) is 57.8 Å². The number of ether oxygens (including phenoxy) is 2. The van der Waals surface area contributed by atoms with E-state index in [-0.39, 0.29) is 11.8 Å². The van der Waals surface area contributed by atoms with Gasteiger partial charge in [0, 0.05) is 6.07 Å². The second kappa shape index (κ2) is 8.67. The van der Waals surface area contributed by atoms with Crippen LogP contribution in [0.15, 0.2) is 18.2 Å². The number of hydrogen-bond acceptors (Lipinski definition) is 5. The van der Waals surface area contributed by atoms with Crippen molar-refractivity contribution in [3.63, 3.8) is 0 Å². The van der Waals surface area contributed by atoms with Gasteiger partial charge in [-0.1, -0.05) is 19.8 Å². The van der Waals surface area contributed by atoms with E-state index in [1.807, 2.05) is 0 Å². The summed E-state index contributed by atoms with van der Waals surface area (Å²) in [7, 11) is -0.207. The minimum absolute atomic E-state index is 0.00713. The van der Waals surface area contributed by atoms with Gasteiger partial charge in [0.25, 0.3) is 5.69 Å². The average Bonchev–Trinajstić information content (AvgIpc) is 3.41. The van der Waals surface area contributed by atoms with Gasteiger partial charge < -0.3 is 13.9 Å². The number of benzene rings is 1. The van der Waals surface area contributed by atoms with E-state index in [0.717, 1.165) is 6.04 Å². The molecule has 140 valence electrons. The Hall–Kier alpha value is -1.60. The maximum absolute atomic E-state index is 10.9. The number of non-ortho nitro benzene ring substituents is 1. The number of hydrogen-bond donors (Lipinski definition) is 0. The van der Waals surface area contributed by atoms with Crippen LogP contribution >= 0.6 is 0 Å². The van der Waals surface area contributed by atoms with Gasteiger partial charge in [0.05, 0.1) is 24.2 Å². The second-order valence-electron chi connectivity index (χ2n) is 7.26. The maximum atomic E-state index is 10.9. The summed E-state index contributed by atoms with van der Waals surface area (Å²) in [6.45, 7) is 7.20. The van der Waals surface area contributed by atoms with Crippen LogP contribution in [-0.2, 0) is 4.43 Å². The predicted molar refractivity (Wildman–Crippen MR) is 99.9 cm³/mol. The Bertz CT molecular complexity index is 589. The molecule has 1 saturated carbocycles. The van der Waals surface area contributed by atoms with Gasteiger partial charge in [0.15, 0.2) is 19.8 Å². The van der Waals surface area contributed by atoms with Gasteiger partial charge in [0.2, 0.25) is 0 Å². The molecule has 0 bridgehead atoms. The summed E-state index contributed by atoms with van der Waals surface area (Å²) >= 11 is 0. The van der Waals surface area contributed by atoms with Gasteiger partial charge in [-0.25, -0.2) is 0 Å². The fourth-order valence-electron chi connectivity index (χ4n) is 2.87. The molecule has 0 aliphatic heterocycles. The molecule has 1 aromatic carbocycles. The van der Waals surface area contributed by atoms with Crippen LogP contribution in [0.5, 0.6) is 11.5 Å².